The van der Waals surface area contributed by atoms with Crippen molar-refractivity contribution in [1.82, 2.24) is 14.7 Å². The normalized spacial score (nSPS) is 14.0. The first-order valence-corrected chi connectivity index (χ1v) is 9.73. The van der Waals surface area contributed by atoms with Crippen molar-refractivity contribution in [2.45, 2.75) is 13.5 Å². The average Bonchev–Trinajstić information content (AvgIpc) is 2.97. The number of anilines is 1. The summed E-state index contributed by atoms with van der Waals surface area (Å²) in [6.45, 7) is 4.05. The lowest BCUT2D eigenvalue weighted by Crippen LogP contribution is -2.34. The first-order valence-electron chi connectivity index (χ1n) is 8.93. The van der Waals surface area contributed by atoms with Gasteiger partial charge in [-0.15, -0.1) is 0 Å². The number of hydrogen-bond donors (Lipinski definition) is 0. The predicted molar refractivity (Wildman–Crippen MR) is 110 cm³/mol. The van der Waals surface area contributed by atoms with Crippen LogP contribution in [0.2, 0.25) is 0 Å². The molecule has 1 aromatic heterocycles. The molecule has 138 valence electrons. The number of aromatic nitrogens is 2. The predicted octanol–water partition coefficient (Wildman–Crippen LogP) is 4.04. The van der Waals surface area contributed by atoms with Gasteiger partial charge in [-0.05, 0) is 42.8 Å². The highest BCUT2D eigenvalue weighted by molar-refractivity contribution is 9.10. The van der Waals surface area contributed by atoms with Gasteiger partial charge in [0.15, 0.2) is 0 Å². The third-order valence-corrected chi connectivity index (χ3v) is 5.60. The summed E-state index contributed by atoms with van der Waals surface area (Å²) in [5.74, 6) is 0.0287. The van der Waals surface area contributed by atoms with Gasteiger partial charge < -0.3 is 9.80 Å². The lowest BCUT2D eigenvalue weighted by Gasteiger charge is -2.21. The number of halogens is 1. The second kappa shape index (κ2) is 7.19. The molecule has 0 saturated heterocycles. The van der Waals surface area contributed by atoms with Crippen LogP contribution >= 0.6 is 15.9 Å². The summed E-state index contributed by atoms with van der Waals surface area (Å²) in [5.41, 5.74) is 4.81. The highest BCUT2D eigenvalue weighted by atomic mass is 79.9. The van der Waals surface area contributed by atoms with Crippen molar-refractivity contribution in [1.29, 1.82) is 0 Å². The Balaban J connectivity index is 1.63. The molecular weight excluding hydrogens is 404 g/mol. The molecule has 0 unspecified atom stereocenters. The molecule has 0 N–H and O–H groups in total. The summed E-state index contributed by atoms with van der Waals surface area (Å²) in [6, 6.07) is 16.2. The zero-order valence-corrected chi connectivity index (χ0v) is 17.0. The van der Waals surface area contributed by atoms with Crippen molar-refractivity contribution in [3.05, 3.63) is 76.0 Å². The topological polar surface area (TPSA) is 41.4 Å². The number of nitrogens with zero attached hydrogens (tertiary/aromatic N) is 4. The molecule has 1 aliphatic rings. The van der Waals surface area contributed by atoms with E-state index in [1.54, 1.807) is 6.20 Å². The Morgan fingerprint density at radius 3 is 2.59 bits per heavy atom. The summed E-state index contributed by atoms with van der Waals surface area (Å²) in [6.07, 6.45) is 1.68. The van der Waals surface area contributed by atoms with Crippen LogP contribution in [0.3, 0.4) is 0 Å². The molecule has 0 fully saturated rings. The van der Waals surface area contributed by atoms with E-state index in [4.69, 9.17) is 0 Å². The molecule has 1 amide bonds. The van der Waals surface area contributed by atoms with Crippen molar-refractivity contribution in [2.75, 3.05) is 25.0 Å². The molecule has 0 spiro atoms. The van der Waals surface area contributed by atoms with E-state index in [1.165, 1.54) is 11.3 Å². The molecule has 0 radical (unpaired) electrons. The van der Waals surface area contributed by atoms with E-state index < -0.39 is 0 Å². The second-order valence-electron chi connectivity index (χ2n) is 6.81. The maximum absolute atomic E-state index is 13.2. The number of benzene rings is 2. The molecule has 5 nitrogen and oxygen atoms in total. The molecule has 2 heterocycles. The largest absolute Gasteiger partial charge is 0.373 e. The molecule has 0 atom stereocenters. The molecule has 1 aliphatic heterocycles. The number of carbonyl (C=O) groups is 1. The Morgan fingerprint density at radius 1 is 1.07 bits per heavy atom. The number of para-hydroxylation sites is 1. The van der Waals surface area contributed by atoms with E-state index in [0.717, 1.165) is 22.4 Å². The SMILES string of the molecule is Cc1c(C(=O)N2CCN(C)c3ccccc3C2)cnn1-c1ccc(Br)cc1. The highest BCUT2D eigenvalue weighted by Crippen LogP contribution is 2.25. The monoisotopic (exact) mass is 424 g/mol. The molecule has 27 heavy (non-hydrogen) atoms. The summed E-state index contributed by atoms with van der Waals surface area (Å²) in [7, 11) is 2.07. The molecule has 3 aromatic rings. The van der Waals surface area contributed by atoms with E-state index in [9.17, 15) is 4.79 Å². The van der Waals surface area contributed by atoms with Gasteiger partial charge >= 0.3 is 0 Å². The van der Waals surface area contributed by atoms with Gasteiger partial charge in [-0.2, -0.15) is 5.10 Å². The average molecular weight is 425 g/mol. The molecule has 0 bridgehead atoms. The summed E-state index contributed by atoms with van der Waals surface area (Å²) < 4.78 is 2.83. The number of carbonyl (C=O) groups excluding carboxylic acids is 1. The quantitative estimate of drug-likeness (QED) is 0.623. The van der Waals surface area contributed by atoms with Crippen LogP contribution in [-0.4, -0.2) is 40.7 Å². The maximum atomic E-state index is 13.2. The van der Waals surface area contributed by atoms with Crippen molar-refractivity contribution >= 4 is 27.5 Å². The Kier molecular flexibility index (Phi) is 4.74. The smallest absolute Gasteiger partial charge is 0.257 e. The van der Waals surface area contributed by atoms with E-state index >= 15 is 0 Å². The molecule has 0 aliphatic carbocycles. The van der Waals surface area contributed by atoms with E-state index in [0.29, 0.717) is 18.7 Å². The van der Waals surface area contributed by atoms with E-state index in [1.807, 2.05) is 52.9 Å². The highest BCUT2D eigenvalue weighted by Gasteiger charge is 2.25. The van der Waals surface area contributed by atoms with Gasteiger partial charge in [0, 0.05) is 36.8 Å². The third kappa shape index (κ3) is 3.37. The van der Waals surface area contributed by atoms with Gasteiger partial charge in [0.1, 0.15) is 0 Å². The first-order chi connectivity index (χ1) is 13.0. The number of rotatable bonds is 2. The minimum Gasteiger partial charge on any atom is -0.373 e. The van der Waals surface area contributed by atoms with Gasteiger partial charge in [0.05, 0.1) is 23.1 Å². The van der Waals surface area contributed by atoms with Crippen LogP contribution < -0.4 is 4.90 Å². The zero-order chi connectivity index (χ0) is 19.0. The lowest BCUT2D eigenvalue weighted by atomic mass is 10.1. The van der Waals surface area contributed by atoms with Crippen LogP contribution in [0, 0.1) is 6.92 Å². The Hall–Kier alpha value is -2.60. The number of likely N-dealkylation sites (N-methyl/N-ethyl adjacent to an activating group) is 1. The van der Waals surface area contributed by atoms with Crippen molar-refractivity contribution < 1.29 is 4.79 Å². The molecule has 2 aromatic carbocycles. The number of amides is 1. The van der Waals surface area contributed by atoms with Crippen molar-refractivity contribution in [3.63, 3.8) is 0 Å². The van der Waals surface area contributed by atoms with Crippen LogP contribution in [-0.2, 0) is 6.54 Å². The second-order valence-corrected chi connectivity index (χ2v) is 7.72. The fourth-order valence-corrected chi connectivity index (χ4v) is 3.76. The Bertz CT molecular complexity index is 980. The fourth-order valence-electron chi connectivity index (χ4n) is 3.50. The van der Waals surface area contributed by atoms with Crippen LogP contribution in [0.1, 0.15) is 21.6 Å². The lowest BCUT2D eigenvalue weighted by molar-refractivity contribution is 0.0751. The van der Waals surface area contributed by atoms with E-state index in [-0.39, 0.29) is 5.91 Å². The van der Waals surface area contributed by atoms with E-state index in [2.05, 4.69) is 45.1 Å². The zero-order valence-electron chi connectivity index (χ0n) is 15.4. The molecule has 6 heteroatoms. The standard InChI is InChI=1S/C21H21BrN4O/c1-15-19(13-23-26(15)18-9-7-17(22)8-10-18)21(27)25-12-11-24(2)20-6-4-3-5-16(20)14-25/h3-10,13H,11-12,14H2,1-2H3. The third-order valence-electron chi connectivity index (χ3n) is 5.07. The minimum absolute atomic E-state index is 0.0287. The van der Waals surface area contributed by atoms with Crippen molar-refractivity contribution in [2.24, 2.45) is 0 Å². The molecule has 4 rings (SSSR count). The molecular formula is C21H21BrN4O. The summed E-state index contributed by atoms with van der Waals surface area (Å²) >= 11 is 3.45. The fraction of sp³-hybridized carbons (Fsp3) is 0.238. The van der Waals surface area contributed by atoms with Gasteiger partial charge in [-0.1, -0.05) is 34.1 Å². The van der Waals surface area contributed by atoms with Gasteiger partial charge in [0.2, 0.25) is 0 Å². The summed E-state index contributed by atoms with van der Waals surface area (Å²) in [4.78, 5) is 17.4. The Morgan fingerprint density at radius 2 is 1.81 bits per heavy atom. The maximum Gasteiger partial charge on any atom is 0.257 e. The summed E-state index contributed by atoms with van der Waals surface area (Å²) in [5, 5.41) is 4.46. The van der Waals surface area contributed by atoms with Crippen LogP contribution in [0.5, 0.6) is 0 Å². The number of hydrogen-bond acceptors (Lipinski definition) is 3. The number of fused-ring (bicyclic) bond motifs is 1. The van der Waals surface area contributed by atoms with Gasteiger partial charge in [-0.3, -0.25) is 4.79 Å². The first kappa shape index (κ1) is 17.8. The van der Waals surface area contributed by atoms with Crippen LogP contribution in [0.15, 0.2) is 59.2 Å². The molecule has 0 saturated carbocycles. The van der Waals surface area contributed by atoms with Gasteiger partial charge in [0.25, 0.3) is 5.91 Å². The van der Waals surface area contributed by atoms with Gasteiger partial charge in [-0.25, -0.2) is 4.68 Å². The van der Waals surface area contributed by atoms with Crippen molar-refractivity contribution in [3.8, 4) is 5.69 Å². The van der Waals surface area contributed by atoms with Crippen LogP contribution in [0.4, 0.5) is 5.69 Å². The minimum atomic E-state index is 0.0287. The van der Waals surface area contributed by atoms with Crippen LogP contribution in [0.25, 0.3) is 5.69 Å². The Labute approximate surface area is 167 Å².